The van der Waals surface area contributed by atoms with Crippen LogP contribution in [-0.2, 0) is 9.59 Å². The number of amides is 2. The Hall–Kier alpha value is -1.14. The molecule has 2 saturated heterocycles. The zero-order chi connectivity index (χ0) is 14.3. The molecule has 6 heteroatoms. The number of likely N-dealkylation sites (tertiary alicyclic amines) is 1. The fourth-order valence-corrected chi connectivity index (χ4v) is 2.62. The number of hydrogen-bond acceptors (Lipinski definition) is 4. The van der Waals surface area contributed by atoms with Crippen LogP contribution in [0.4, 0.5) is 0 Å². The van der Waals surface area contributed by atoms with E-state index in [0.29, 0.717) is 32.6 Å². The molecule has 0 bridgehead atoms. The molecule has 2 aliphatic rings. The Morgan fingerprint density at radius 1 is 1.37 bits per heavy atom. The van der Waals surface area contributed by atoms with Gasteiger partial charge in [0.1, 0.15) is 5.54 Å². The fourth-order valence-electron chi connectivity index (χ4n) is 2.62. The topological polar surface area (TPSA) is 87.5 Å². The maximum absolute atomic E-state index is 12.3. The van der Waals surface area contributed by atoms with E-state index >= 15 is 0 Å². The molecular formula is C13H24N4O2. The summed E-state index contributed by atoms with van der Waals surface area (Å²) in [5.41, 5.74) is 5.30. The van der Waals surface area contributed by atoms with Gasteiger partial charge >= 0.3 is 0 Å². The van der Waals surface area contributed by atoms with Gasteiger partial charge in [0.15, 0.2) is 0 Å². The van der Waals surface area contributed by atoms with E-state index in [1.165, 1.54) is 0 Å². The Labute approximate surface area is 114 Å². The van der Waals surface area contributed by atoms with Crippen LogP contribution in [0.5, 0.6) is 0 Å². The average molecular weight is 268 g/mol. The summed E-state index contributed by atoms with van der Waals surface area (Å²) in [7, 11) is 0. The Morgan fingerprint density at radius 2 is 1.95 bits per heavy atom. The lowest BCUT2D eigenvalue weighted by Crippen LogP contribution is -2.59. The van der Waals surface area contributed by atoms with Gasteiger partial charge in [-0.25, -0.2) is 0 Å². The summed E-state index contributed by atoms with van der Waals surface area (Å²) in [4.78, 5) is 25.9. The van der Waals surface area contributed by atoms with E-state index in [9.17, 15) is 9.59 Å². The van der Waals surface area contributed by atoms with Crippen molar-refractivity contribution >= 4 is 11.8 Å². The molecule has 19 heavy (non-hydrogen) atoms. The summed E-state index contributed by atoms with van der Waals surface area (Å²) in [6, 6.07) is -0.494. The van der Waals surface area contributed by atoms with Crippen LogP contribution < -0.4 is 16.4 Å². The van der Waals surface area contributed by atoms with Crippen LogP contribution >= 0.6 is 0 Å². The third-order valence-electron chi connectivity index (χ3n) is 4.24. The van der Waals surface area contributed by atoms with E-state index in [2.05, 4.69) is 10.6 Å². The molecule has 0 aromatic carbocycles. The Bertz CT molecular complexity index is 381. The van der Waals surface area contributed by atoms with Crippen molar-refractivity contribution in [2.75, 3.05) is 19.8 Å². The number of nitrogens with zero attached hydrogens (tertiary/aromatic N) is 1. The van der Waals surface area contributed by atoms with E-state index in [1.54, 1.807) is 4.90 Å². The highest BCUT2D eigenvalue weighted by Crippen LogP contribution is 2.27. The van der Waals surface area contributed by atoms with E-state index < -0.39 is 11.6 Å². The number of carbonyl (C=O) groups excluding carboxylic acids is 2. The van der Waals surface area contributed by atoms with Gasteiger partial charge in [-0.1, -0.05) is 20.8 Å². The smallest absolute Gasteiger partial charge is 0.241 e. The maximum Gasteiger partial charge on any atom is 0.241 e. The number of piperidine rings is 1. The number of rotatable bonds is 1. The summed E-state index contributed by atoms with van der Waals surface area (Å²) >= 11 is 0. The third-order valence-corrected chi connectivity index (χ3v) is 4.24. The second kappa shape index (κ2) is 4.76. The van der Waals surface area contributed by atoms with Gasteiger partial charge in [0.05, 0.1) is 12.7 Å². The summed E-state index contributed by atoms with van der Waals surface area (Å²) in [5, 5.41) is 6.00. The van der Waals surface area contributed by atoms with Gasteiger partial charge in [-0.15, -0.1) is 0 Å². The lowest BCUT2D eigenvalue weighted by Gasteiger charge is -2.40. The van der Waals surface area contributed by atoms with Gasteiger partial charge < -0.3 is 16.0 Å². The van der Waals surface area contributed by atoms with Gasteiger partial charge in [0.25, 0.3) is 0 Å². The minimum Gasteiger partial charge on any atom is -0.342 e. The predicted molar refractivity (Wildman–Crippen MR) is 72.1 cm³/mol. The number of nitrogens with one attached hydrogen (secondary N) is 2. The van der Waals surface area contributed by atoms with E-state index in [-0.39, 0.29) is 17.2 Å². The molecule has 2 aliphatic heterocycles. The van der Waals surface area contributed by atoms with Crippen molar-refractivity contribution in [2.45, 2.75) is 45.2 Å². The van der Waals surface area contributed by atoms with Gasteiger partial charge in [-0.2, -0.15) is 0 Å². The molecule has 0 saturated carbocycles. The molecule has 0 aromatic heterocycles. The first kappa shape index (κ1) is 14.3. The summed E-state index contributed by atoms with van der Waals surface area (Å²) in [6.07, 6.45) is 1.31. The van der Waals surface area contributed by atoms with Crippen LogP contribution in [0.25, 0.3) is 0 Å². The van der Waals surface area contributed by atoms with Gasteiger partial charge in [0.2, 0.25) is 11.8 Å². The third kappa shape index (κ3) is 2.60. The maximum atomic E-state index is 12.3. The van der Waals surface area contributed by atoms with Crippen molar-refractivity contribution in [1.82, 2.24) is 15.5 Å². The molecule has 0 aromatic rings. The molecule has 1 spiro atoms. The molecule has 6 nitrogen and oxygen atoms in total. The molecule has 2 heterocycles. The predicted octanol–water partition coefficient (Wildman–Crippen LogP) is -0.602. The number of carbonyl (C=O) groups is 2. The molecular weight excluding hydrogens is 244 g/mol. The van der Waals surface area contributed by atoms with E-state index in [1.807, 2.05) is 20.8 Å². The lowest BCUT2D eigenvalue weighted by molar-refractivity contribution is -0.138. The van der Waals surface area contributed by atoms with Crippen LogP contribution in [0.2, 0.25) is 0 Å². The van der Waals surface area contributed by atoms with Crippen molar-refractivity contribution in [1.29, 1.82) is 0 Å². The van der Waals surface area contributed by atoms with Crippen molar-refractivity contribution in [3.8, 4) is 0 Å². The fraction of sp³-hybridized carbons (Fsp3) is 0.846. The molecule has 0 unspecified atom stereocenters. The number of nitrogens with two attached hydrogens (primary N) is 1. The highest BCUT2D eigenvalue weighted by molar-refractivity contribution is 5.89. The normalized spacial score (nSPS) is 24.4. The van der Waals surface area contributed by atoms with Crippen LogP contribution in [-0.4, -0.2) is 48.1 Å². The molecule has 2 rings (SSSR count). The van der Waals surface area contributed by atoms with Gasteiger partial charge in [-0.3, -0.25) is 14.9 Å². The highest BCUT2D eigenvalue weighted by atomic mass is 16.2. The molecule has 4 N–H and O–H groups in total. The van der Waals surface area contributed by atoms with Crippen molar-refractivity contribution < 1.29 is 9.59 Å². The molecule has 2 amide bonds. The first-order chi connectivity index (χ1) is 8.76. The first-order valence-electron chi connectivity index (χ1n) is 6.84. The lowest BCUT2D eigenvalue weighted by atomic mass is 9.84. The largest absolute Gasteiger partial charge is 0.342 e. The highest BCUT2D eigenvalue weighted by Gasteiger charge is 2.45. The van der Waals surface area contributed by atoms with Crippen molar-refractivity contribution in [3.63, 3.8) is 0 Å². The monoisotopic (exact) mass is 268 g/mol. The van der Waals surface area contributed by atoms with E-state index in [0.717, 1.165) is 0 Å². The van der Waals surface area contributed by atoms with Crippen LogP contribution in [0.15, 0.2) is 0 Å². The number of hydrogen-bond donors (Lipinski definition) is 3. The molecule has 0 radical (unpaired) electrons. The van der Waals surface area contributed by atoms with Crippen molar-refractivity contribution in [3.05, 3.63) is 0 Å². The molecule has 2 fully saturated rings. The van der Waals surface area contributed by atoms with E-state index in [4.69, 9.17) is 5.73 Å². The molecule has 1 atom stereocenters. The zero-order valence-electron chi connectivity index (χ0n) is 12.0. The second-order valence-corrected chi connectivity index (χ2v) is 6.61. The van der Waals surface area contributed by atoms with Crippen LogP contribution in [0, 0.1) is 5.41 Å². The van der Waals surface area contributed by atoms with Crippen LogP contribution in [0.1, 0.15) is 33.6 Å². The minimum absolute atomic E-state index is 0.0132. The zero-order valence-corrected chi connectivity index (χ0v) is 12.0. The van der Waals surface area contributed by atoms with Gasteiger partial charge in [-0.05, 0) is 18.3 Å². The Morgan fingerprint density at radius 3 is 2.37 bits per heavy atom. The SMILES string of the molecule is CC(C)(C)[C@H](N)C(=O)N1CCC2(CC1)NCNC2=O. The Kier molecular flexibility index (Phi) is 3.57. The second-order valence-electron chi connectivity index (χ2n) is 6.61. The quantitative estimate of drug-likeness (QED) is 0.592. The summed E-state index contributed by atoms with van der Waals surface area (Å²) in [6.45, 7) is 7.59. The first-order valence-corrected chi connectivity index (χ1v) is 6.84. The molecule has 0 aliphatic carbocycles. The van der Waals surface area contributed by atoms with Gasteiger partial charge in [0, 0.05) is 13.1 Å². The average Bonchev–Trinajstić information content (AvgIpc) is 2.69. The summed E-state index contributed by atoms with van der Waals surface area (Å²) in [5.74, 6) is 0.0421. The Balaban J connectivity index is 1.97. The minimum atomic E-state index is -0.494. The van der Waals surface area contributed by atoms with Crippen LogP contribution in [0.3, 0.4) is 0 Å². The molecule has 108 valence electrons. The van der Waals surface area contributed by atoms with Crippen molar-refractivity contribution in [2.24, 2.45) is 11.1 Å². The summed E-state index contributed by atoms with van der Waals surface area (Å²) < 4.78 is 0. The standard InChI is InChI=1S/C13H24N4O2/c1-12(2,3)9(14)10(18)17-6-4-13(5-7-17)11(19)15-8-16-13/h9,16H,4-8,14H2,1-3H3,(H,15,19)/t9-/m1/s1.